The molecule has 0 amide bonds. The lowest BCUT2D eigenvalue weighted by atomic mass is 9.80. The van der Waals surface area contributed by atoms with Crippen LogP contribution in [0.2, 0.25) is 0 Å². The van der Waals surface area contributed by atoms with Crippen molar-refractivity contribution in [1.29, 1.82) is 15.8 Å². The molecule has 6 aromatic rings. The van der Waals surface area contributed by atoms with Gasteiger partial charge in [0.1, 0.15) is 41.9 Å². The summed E-state index contributed by atoms with van der Waals surface area (Å²) >= 11 is 0. The maximum atomic E-state index is 13.1. The van der Waals surface area contributed by atoms with Crippen LogP contribution in [-0.4, -0.2) is 136 Å². The Balaban J connectivity index is 0.000000249. The minimum Gasteiger partial charge on any atom is -0.497 e. The Kier molecular flexibility index (Phi) is 34.9. The summed E-state index contributed by atoms with van der Waals surface area (Å²) < 4.78 is 103. The number of rotatable bonds is 37. The summed E-state index contributed by atoms with van der Waals surface area (Å²) in [6.45, 7) is 21.9. The molecule has 0 bridgehead atoms. The highest BCUT2D eigenvalue weighted by Crippen LogP contribution is 2.54. The molecule has 0 radical (unpaired) electrons. The molecule has 9 rings (SSSR count). The standard InChI is InChI=1S/C40H49N4O8P.C17H26N3O7P.C17H26N3O6P/c1-27(2)44(28(3)4)53(50-23-11-22-41)52-35-24-37(43-25-29(5)38(45)42-39(43)46)51-36(35)26-49-40(30-12-9-8-10-13-30,31-14-18-33(47-6)19-15-31)32-16-20-34(48-7)21-17-32;1-4-8-24-28(23,25-9-6-7-18)27-14-10-15(26-13(14)5-2)20-11-12(3)16(21)19-17(20)22;1-4-8-23-27(24-9-6-7-18)26-14-10-15(25-13(14)5-2)20-11-12(3)16(21)19-17(20)22/h8-10,12-21,25,27-28,35-37H,11,23-24,26H2,1-7H3,(H,42,45,46);11,13-15H,4-6,8-10H2,1-3H3,(H,19,21,22);11,13-15H,4-6,8-10H2,1-3H3,(H,19,21,22)/t35?,36-,37-,53?;13-,14?,15-,28?;13-,14?,15-,27?/m111/s1. The molecule has 3 aliphatic heterocycles. The van der Waals surface area contributed by atoms with Gasteiger partial charge in [-0.15, -0.1) is 0 Å². The maximum absolute atomic E-state index is 13.1. The molecule has 3 N–H and O–H groups in total. The first kappa shape index (κ1) is 87.6. The number of aromatic amines is 3. The Morgan fingerprint density at radius 2 is 0.935 bits per heavy atom. The number of aromatic nitrogens is 6. The number of ether oxygens (including phenoxy) is 6. The number of nitrogens with zero attached hydrogens (tertiary/aromatic N) is 7. The maximum Gasteiger partial charge on any atom is 0.475 e. The lowest BCUT2D eigenvalue weighted by Gasteiger charge is -2.39. The Morgan fingerprint density at radius 3 is 1.37 bits per heavy atom. The van der Waals surface area contributed by atoms with Gasteiger partial charge in [0, 0.05) is 66.6 Å². The van der Waals surface area contributed by atoms with Gasteiger partial charge in [0.15, 0.2) is 0 Å². The number of benzene rings is 3. The van der Waals surface area contributed by atoms with Crippen molar-refractivity contribution >= 4 is 25.0 Å². The van der Waals surface area contributed by atoms with Crippen LogP contribution in [0.25, 0.3) is 0 Å². The molecule has 34 heteroatoms. The van der Waals surface area contributed by atoms with Crippen molar-refractivity contribution in [2.45, 2.75) is 213 Å². The third-order valence-electron chi connectivity index (χ3n) is 17.5. The quantitative estimate of drug-likeness (QED) is 0.0185. The average molecular weight is 1560 g/mol. The summed E-state index contributed by atoms with van der Waals surface area (Å²) in [5, 5.41) is 26.6. The van der Waals surface area contributed by atoms with E-state index >= 15 is 0 Å². The SMILES string of the molecule is CCCOP(=O)(OCCC#N)OC1C[C@H](n2cc(C)c(=O)[nH]c2=O)O[C@@H]1CC.CCCOP(OCCC#N)OC1C[C@H](n2cc(C)c(=O)[nH]c2=O)O[C@@H]1CC.COc1ccc(C(OC[C@H]2O[C@@H](n3cc(C)c(=O)[nH]c3=O)CC2OP(OCCC#N)N(C(C)C)C(C)C)(c2ccccc2)c2ccc(OC)cc2)cc1. The molecule has 3 saturated heterocycles. The molecule has 3 aliphatic rings. The highest BCUT2D eigenvalue weighted by molar-refractivity contribution is 7.48. The van der Waals surface area contributed by atoms with E-state index in [2.05, 4.69) is 53.4 Å². The molecule has 31 nitrogen and oxygen atoms in total. The summed E-state index contributed by atoms with van der Waals surface area (Å²) in [7, 11) is -3.91. The van der Waals surface area contributed by atoms with E-state index in [0.29, 0.717) is 60.5 Å². The van der Waals surface area contributed by atoms with Gasteiger partial charge in [0.2, 0.25) is 0 Å². The Hall–Kier alpha value is -7.66. The van der Waals surface area contributed by atoms with Crippen LogP contribution in [-0.2, 0) is 65.3 Å². The summed E-state index contributed by atoms with van der Waals surface area (Å²) in [6, 6.07) is 31.7. The molecule has 6 heterocycles. The zero-order chi connectivity index (χ0) is 78.7. The summed E-state index contributed by atoms with van der Waals surface area (Å²) in [5.74, 6) is 1.40. The van der Waals surface area contributed by atoms with Crippen LogP contribution >= 0.6 is 25.0 Å². The van der Waals surface area contributed by atoms with Gasteiger partial charge in [-0.25, -0.2) is 23.6 Å². The number of methoxy groups -OCH3 is 2. The fourth-order valence-electron chi connectivity index (χ4n) is 12.1. The molecule has 0 spiro atoms. The normalized spacial score (nSPS) is 20.9. The molecule has 6 unspecified atom stereocenters. The van der Waals surface area contributed by atoms with Crippen molar-refractivity contribution in [2.24, 2.45) is 0 Å². The predicted octanol–water partition coefficient (Wildman–Crippen LogP) is 11.7. The van der Waals surface area contributed by atoms with Gasteiger partial charge in [-0.2, -0.15) is 15.8 Å². The van der Waals surface area contributed by atoms with E-state index in [0.717, 1.165) is 23.1 Å². The highest BCUT2D eigenvalue weighted by atomic mass is 31.2. The molecule has 0 aliphatic carbocycles. The van der Waals surface area contributed by atoms with E-state index in [1.807, 2.05) is 119 Å². The average Bonchev–Trinajstić information content (AvgIpc) is 0.948. The van der Waals surface area contributed by atoms with Crippen molar-refractivity contribution in [3.63, 3.8) is 0 Å². The van der Waals surface area contributed by atoms with Gasteiger partial charge in [0.25, 0.3) is 25.2 Å². The summed E-state index contributed by atoms with van der Waals surface area (Å²) in [5.41, 5.74) is -0.380. The van der Waals surface area contributed by atoms with E-state index in [9.17, 15) is 38.6 Å². The van der Waals surface area contributed by atoms with Gasteiger partial charge < -0.3 is 51.0 Å². The van der Waals surface area contributed by atoms with Crippen LogP contribution in [0.15, 0.2) is 126 Å². The van der Waals surface area contributed by atoms with Gasteiger partial charge in [-0.1, -0.05) is 82.3 Å². The van der Waals surface area contributed by atoms with Crippen LogP contribution in [0.4, 0.5) is 0 Å². The van der Waals surface area contributed by atoms with Crippen molar-refractivity contribution < 1.29 is 69.2 Å². The van der Waals surface area contributed by atoms with Crippen molar-refractivity contribution in [2.75, 3.05) is 53.9 Å². The number of phosphoric ester groups is 1. The number of hydrogen-bond acceptors (Lipinski definition) is 25. The Labute approximate surface area is 630 Å². The molecular weight excluding hydrogens is 1460 g/mol. The Bertz CT molecular complexity index is 4310. The predicted molar refractivity (Wildman–Crippen MR) is 402 cm³/mol. The number of hydrogen-bond donors (Lipinski definition) is 3. The van der Waals surface area contributed by atoms with E-state index in [1.54, 1.807) is 35.0 Å². The van der Waals surface area contributed by atoms with Crippen LogP contribution in [0.3, 0.4) is 0 Å². The highest BCUT2D eigenvalue weighted by Gasteiger charge is 2.47. The smallest absolute Gasteiger partial charge is 0.475 e. The molecule has 12 atom stereocenters. The summed E-state index contributed by atoms with van der Waals surface area (Å²) in [4.78, 5) is 79.8. The number of aryl methyl sites for hydroxylation is 3. The molecule has 588 valence electrons. The van der Waals surface area contributed by atoms with Crippen molar-refractivity contribution in [3.8, 4) is 29.7 Å². The van der Waals surface area contributed by atoms with Crippen LogP contribution in [0.1, 0.15) is 172 Å². The van der Waals surface area contributed by atoms with E-state index in [4.69, 9.17) is 75.1 Å². The molecular formula is C74H101N10O21P3. The third-order valence-corrected chi connectivity index (χ3v) is 22.4. The zero-order valence-corrected chi connectivity index (χ0v) is 66.1. The number of phosphoric acid groups is 1. The molecule has 3 aromatic heterocycles. The number of nitriles is 3. The molecule has 108 heavy (non-hydrogen) atoms. The first-order valence-electron chi connectivity index (χ1n) is 36.0. The van der Waals surface area contributed by atoms with Crippen LogP contribution < -0.4 is 43.2 Å². The Morgan fingerprint density at radius 1 is 0.537 bits per heavy atom. The summed E-state index contributed by atoms with van der Waals surface area (Å²) in [6.07, 6.45) is 3.63. The van der Waals surface area contributed by atoms with Crippen molar-refractivity contribution in [1.82, 2.24) is 33.3 Å². The van der Waals surface area contributed by atoms with E-state index < -0.39 is 107 Å². The second-order valence-corrected chi connectivity index (χ2v) is 30.2. The van der Waals surface area contributed by atoms with E-state index in [1.165, 1.54) is 32.3 Å². The monoisotopic (exact) mass is 1560 g/mol. The minimum absolute atomic E-state index is 0.0376. The van der Waals surface area contributed by atoms with Gasteiger partial charge in [0.05, 0.1) is 122 Å². The second-order valence-electron chi connectivity index (χ2n) is 26.0. The molecule has 3 fully saturated rings. The molecule has 0 saturated carbocycles. The lowest BCUT2D eigenvalue weighted by Crippen LogP contribution is -2.39. The fourth-order valence-corrected chi connectivity index (χ4v) is 16.6. The fraction of sp³-hybridized carbons (Fsp3) is 0.554. The van der Waals surface area contributed by atoms with Gasteiger partial charge in [-0.05, 0) is 115 Å². The number of H-pyrrole nitrogens is 3. The largest absolute Gasteiger partial charge is 0.497 e. The number of nitrogens with one attached hydrogen (secondary N) is 3. The first-order chi connectivity index (χ1) is 51.8. The first-order valence-corrected chi connectivity index (χ1v) is 39.7. The van der Waals surface area contributed by atoms with Gasteiger partial charge in [-0.3, -0.25) is 56.6 Å². The van der Waals surface area contributed by atoms with Crippen LogP contribution in [0.5, 0.6) is 11.5 Å². The van der Waals surface area contributed by atoms with E-state index in [-0.39, 0.29) is 89.4 Å². The minimum atomic E-state index is -3.89. The molecule has 3 aromatic carbocycles. The second kappa shape index (κ2) is 43.1. The topological polar surface area (TPSA) is 385 Å². The lowest BCUT2D eigenvalue weighted by molar-refractivity contribution is -0.0926. The van der Waals surface area contributed by atoms with Crippen LogP contribution in [0, 0.1) is 54.8 Å². The van der Waals surface area contributed by atoms with Gasteiger partial charge >= 0.3 is 33.5 Å². The van der Waals surface area contributed by atoms with Crippen molar-refractivity contribution in [3.05, 3.63) is 193 Å². The third kappa shape index (κ3) is 23.7. The zero-order valence-electron chi connectivity index (χ0n) is 63.4.